The van der Waals surface area contributed by atoms with Crippen molar-refractivity contribution in [3.8, 4) is 11.1 Å². The molecule has 0 atom stereocenters. The Morgan fingerprint density at radius 2 is 1.42 bits per heavy atom. The SMILES string of the molecule is FC/C=C/CC[C@H]1CC[C@H](CCc2ccc(-c3ccc(C(F)(F)F)c(F)c3)cc2)CC1. The van der Waals surface area contributed by atoms with Crippen LogP contribution in [0.15, 0.2) is 54.6 Å². The Labute approximate surface area is 181 Å². The van der Waals surface area contributed by atoms with Gasteiger partial charge in [-0.05, 0) is 66.3 Å². The third-order valence-electron chi connectivity index (χ3n) is 6.37. The van der Waals surface area contributed by atoms with Gasteiger partial charge in [0.2, 0.25) is 0 Å². The Balaban J connectivity index is 1.47. The van der Waals surface area contributed by atoms with E-state index in [0.717, 1.165) is 49.7 Å². The van der Waals surface area contributed by atoms with Gasteiger partial charge in [-0.15, -0.1) is 0 Å². The molecular weight excluding hydrogens is 407 g/mol. The van der Waals surface area contributed by atoms with E-state index < -0.39 is 17.6 Å². The largest absolute Gasteiger partial charge is 0.419 e. The molecule has 31 heavy (non-hydrogen) atoms. The van der Waals surface area contributed by atoms with E-state index in [9.17, 15) is 22.0 Å². The van der Waals surface area contributed by atoms with Gasteiger partial charge < -0.3 is 0 Å². The fraction of sp³-hybridized carbons (Fsp3) is 0.462. The van der Waals surface area contributed by atoms with Gasteiger partial charge in [0.25, 0.3) is 0 Å². The van der Waals surface area contributed by atoms with Crippen LogP contribution < -0.4 is 0 Å². The van der Waals surface area contributed by atoms with Crippen LogP contribution in [0.3, 0.4) is 0 Å². The summed E-state index contributed by atoms with van der Waals surface area (Å²) in [4.78, 5) is 0. The van der Waals surface area contributed by atoms with Crippen LogP contribution in [-0.2, 0) is 12.6 Å². The third kappa shape index (κ3) is 6.91. The first-order chi connectivity index (χ1) is 14.9. The molecule has 0 radical (unpaired) electrons. The highest BCUT2D eigenvalue weighted by Gasteiger charge is 2.33. The van der Waals surface area contributed by atoms with Gasteiger partial charge in [0, 0.05) is 0 Å². The third-order valence-corrected chi connectivity index (χ3v) is 6.37. The molecule has 0 saturated heterocycles. The molecule has 5 heteroatoms. The molecule has 168 valence electrons. The lowest BCUT2D eigenvalue weighted by Crippen LogP contribution is -2.15. The quantitative estimate of drug-likeness (QED) is 0.287. The number of rotatable bonds is 8. The molecule has 0 aromatic heterocycles. The molecule has 1 aliphatic rings. The average molecular weight is 437 g/mol. The Morgan fingerprint density at radius 1 is 0.806 bits per heavy atom. The van der Waals surface area contributed by atoms with Crippen LogP contribution in [0.5, 0.6) is 0 Å². The molecule has 0 amide bonds. The topological polar surface area (TPSA) is 0 Å². The zero-order chi connectivity index (χ0) is 22.3. The molecule has 1 saturated carbocycles. The van der Waals surface area contributed by atoms with Crippen LogP contribution in [-0.4, -0.2) is 6.67 Å². The molecule has 0 bridgehead atoms. The van der Waals surface area contributed by atoms with Gasteiger partial charge in [0.05, 0.1) is 5.56 Å². The van der Waals surface area contributed by atoms with E-state index >= 15 is 0 Å². The van der Waals surface area contributed by atoms with Crippen LogP contribution in [0.1, 0.15) is 56.1 Å². The fourth-order valence-electron chi connectivity index (χ4n) is 4.48. The van der Waals surface area contributed by atoms with Crippen molar-refractivity contribution in [1.82, 2.24) is 0 Å². The van der Waals surface area contributed by atoms with Gasteiger partial charge in [0.15, 0.2) is 0 Å². The van der Waals surface area contributed by atoms with E-state index in [1.807, 2.05) is 30.3 Å². The second-order valence-corrected chi connectivity index (χ2v) is 8.52. The van der Waals surface area contributed by atoms with Crippen molar-refractivity contribution in [1.29, 1.82) is 0 Å². The highest BCUT2D eigenvalue weighted by molar-refractivity contribution is 5.64. The van der Waals surface area contributed by atoms with Crippen molar-refractivity contribution in [2.24, 2.45) is 11.8 Å². The van der Waals surface area contributed by atoms with Crippen molar-refractivity contribution < 1.29 is 22.0 Å². The minimum Gasteiger partial charge on any atom is -0.247 e. The van der Waals surface area contributed by atoms with Gasteiger partial charge in [-0.3, -0.25) is 0 Å². The van der Waals surface area contributed by atoms with Crippen molar-refractivity contribution in [3.05, 3.63) is 71.6 Å². The van der Waals surface area contributed by atoms with Gasteiger partial charge in [-0.1, -0.05) is 68.2 Å². The van der Waals surface area contributed by atoms with Crippen LogP contribution >= 0.6 is 0 Å². The smallest absolute Gasteiger partial charge is 0.247 e. The first kappa shape index (κ1) is 23.5. The lowest BCUT2D eigenvalue weighted by molar-refractivity contribution is -0.139. The molecule has 2 aromatic carbocycles. The summed E-state index contributed by atoms with van der Waals surface area (Å²) in [6.45, 7) is -0.380. The summed E-state index contributed by atoms with van der Waals surface area (Å²) in [5.41, 5.74) is 1.10. The van der Waals surface area contributed by atoms with E-state index in [-0.39, 0.29) is 6.67 Å². The second-order valence-electron chi connectivity index (χ2n) is 8.52. The van der Waals surface area contributed by atoms with Gasteiger partial charge in [-0.2, -0.15) is 13.2 Å². The average Bonchev–Trinajstić information content (AvgIpc) is 2.75. The zero-order valence-corrected chi connectivity index (χ0v) is 17.6. The summed E-state index contributed by atoms with van der Waals surface area (Å²) < 4.78 is 64.1. The van der Waals surface area contributed by atoms with E-state index in [4.69, 9.17) is 0 Å². The molecule has 2 aromatic rings. The monoisotopic (exact) mass is 436 g/mol. The number of alkyl halides is 4. The Kier molecular flexibility index (Phi) is 8.28. The van der Waals surface area contributed by atoms with Gasteiger partial charge >= 0.3 is 6.18 Å². The van der Waals surface area contributed by atoms with E-state index in [1.165, 1.54) is 37.3 Å². The van der Waals surface area contributed by atoms with Gasteiger partial charge in [0.1, 0.15) is 12.5 Å². The molecule has 0 heterocycles. The summed E-state index contributed by atoms with van der Waals surface area (Å²) >= 11 is 0. The minimum absolute atomic E-state index is 0.380. The zero-order valence-electron chi connectivity index (χ0n) is 17.6. The molecule has 0 N–H and O–H groups in total. The first-order valence-corrected chi connectivity index (χ1v) is 11.0. The maximum atomic E-state index is 13.8. The first-order valence-electron chi connectivity index (χ1n) is 11.0. The highest BCUT2D eigenvalue weighted by Crippen LogP contribution is 2.35. The van der Waals surface area contributed by atoms with E-state index in [1.54, 1.807) is 6.08 Å². The van der Waals surface area contributed by atoms with Crippen LogP contribution in [0.25, 0.3) is 11.1 Å². The highest BCUT2D eigenvalue weighted by atomic mass is 19.4. The summed E-state index contributed by atoms with van der Waals surface area (Å²) in [7, 11) is 0. The van der Waals surface area contributed by atoms with Crippen molar-refractivity contribution in [2.45, 2.75) is 57.5 Å². The number of hydrogen-bond donors (Lipinski definition) is 0. The standard InChI is InChI=1S/C26H29F5/c27-17-3-1-2-4-19-5-7-20(8-6-19)9-10-21-11-13-22(14-12-21)23-15-16-24(25(28)18-23)26(29,30)31/h1,3,11-16,18-20H,2,4-10,17H2/b3-1+/t19-,20-. The summed E-state index contributed by atoms with van der Waals surface area (Å²) in [6, 6.07) is 10.7. The summed E-state index contributed by atoms with van der Waals surface area (Å²) in [6.07, 6.45) is 8.01. The van der Waals surface area contributed by atoms with Crippen LogP contribution in [0.2, 0.25) is 0 Å². The lowest BCUT2D eigenvalue weighted by atomic mass is 9.78. The minimum atomic E-state index is -4.68. The van der Waals surface area contributed by atoms with Crippen LogP contribution in [0, 0.1) is 17.7 Å². The molecular formula is C26H29F5. The molecule has 0 unspecified atom stereocenters. The van der Waals surface area contributed by atoms with Crippen molar-refractivity contribution in [2.75, 3.05) is 6.67 Å². The van der Waals surface area contributed by atoms with E-state index in [2.05, 4.69) is 0 Å². The number of allylic oxidation sites excluding steroid dienone is 2. The Morgan fingerprint density at radius 3 is 2.00 bits per heavy atom. The number of benzene rings is 2. The summed E-state index contributed by atoms with van der Waals surface area (Å²) in [5.74, 6) is 0.230. The normalized spacial score (nSPS) is 19.8. The molecule has 1 fully saturated rings. The van der Waals surface area contributed by atoms with Gasteiger partial charge in [-0.25, -0.2) is 8.78 Å². The molecule has 1 aliphatic carbocycles. The Bertz CT molecular complexity index is 843. The fourth-order valence-corrected chi connectivity index (χ4v) is 4.48. The number of halogens is 5. The molecule has 3 rings (SSSR count). The van der Waals surface area contributed by atoms with Crippen LogP contribution in [0.4, 0.5) is 22.0 Å². The second kappa shape index (κ2) is 10.9. The Hall–Kier alpha value is -2.17. The predicted octanol–water partition coefficient (Wildman–Crippen LogP) is 8.56. The number of aryl methyl sites for hydroxylation is 1. The lowest BCUT2D eigenvalue weighted by Gasteiger charge is -2.28. The van der Waals surface area contributed by atoms with Crippen molar-refractivity contribution >= 4 is 0 Å². The molecule has 0 aliphatic heterocycles. The number of hydrogen-bond acceptors (Lipinski definition) is 0. The molecule has 0 spiro atoms. The summed E-state index contributed by atoms with van der Waals surface area (Å²) in [5, 5.41) is 0. The predicted molar refractivity (Wildman–Crippen MR) is 115 cm³/mol. The van der Waals surface area contributed by atoms with Crippen molar-refractivity contribution in [3.63, 3.8) is 0 Å². The van der Waals surface area contributed by atoms with E-state index in [0.29, 0.717) is 11.1 Å². The maximum Gasteiger partial charge on any atom is 0.419 e. The maximum absolute atomic E-state index is 13.8. The molecule has 0 nitrogen and oxygen atoms in total.